The number of hydrogen-bond donors (Lipinski definition) is 1. The van der Waals surface area contributed by atoms with Crippen LogP contribution in [0.3, 0.4) is 0 Å². The average molecular weight is 519 g/mol. The van der Waals surface area contributed by atoms with E-state index >= 15 is 0 Å². The largest absolute Gasteiger partial charge is 0.457 e. The third-order valence-electron chi connectivity index (χ3n) is 5.27. The Kier molecular flexibility index (Phi) is 7.97. The Bertz CT molecular complexity index is 1410. The van der Waals surface area contributed by atoms with E-state index in [-0.39, 0.29) is 0 Å². The van der Waals surface area contributed by atoms with Gasteiger partial charge in [-0.2, -0.15) is 0 Å². The van der Waals surface area contributed by atoms with Crippen molar-refractivity contribution in [2.45, 2.75) is 22.8 Å². The Morgan fingerprint density at radius 2 is 1.36 bits per heavy atom. The predicted octanol–water partition coefficient (Wildman–Crippen LogP) is 6.42. The van der Waals surface area contributed by atoms with Crippen molar-refractivity contribution < 1.29 is 17.9 Å². The Hall–Kier alpha value is -3.75. The molecule has 4 rings (SSSR count). The minimum atomic E-state index is -3.76. The normalized spacial score (nSPS) is 11.9. The molecule has 4 aromatic rings. The summed E-state index contributed by atoms with van der Waals surface area (Å²) in [6.45, 7) is 1.57. The Balaban J connectivity index is 1.53. The van der Waals surface area contributed by atoms with Gasteiger partial charge in [0, 0.05) is 9.79 Å². The van der Waals surface area contributed by atoms with Crippen molar-refractivity contribution in [3.63, 3.8) is 0 Å². The van der Waals surface area contributed by atoms with Gasteiger partial charge in [-0.15, -0.1) is 0 Å². The van der Waals surface area contributed by atoms with Gasteiger partial charge in [0.25, 0.3) is 0 Å². The SMILES string of the molecule is C[C@H](C(=O)Nc1ccccc1Sc1ccccc1)N(c1ccc(Oc2ccccc2)cc1)S(C)(=O)=O. The summed E-state index contributed by atoms with van der Waals surface area (Å²) in [5.74, 6) is 0.790. The van der Waals surface area contributed by atoms with E-state index < -0.39 is 22.0 Å². The highest BCUT2D eigenvalue weighted by atomic mass is 32.2. The van der Waals surface area contributed by atoms with Gasteiger partial charge in [0.2, 0.25) is 15.9 Å². The Morgan fingerprint density at radius 1 is 0.806 bits per heavy atom. The molecule has 6 nitrogen and oxygen atoms in total. The standard InChI is InChI=1S/C28H26N2O4S2/c1-21(28(31)29-26-15-9-10-16-27(26)35-25-13-7-4-8-14-25)30(36(2,32)33)22-17-19-24(20-18-22)34-23-11-5-3-6-12-23/h3-21H,1-2H3,(H,29,31)/t21-/m1/s1. The van der Waals surface area contributed by atoms with E-state index in [9.17, 15) is 13.2 Å². The molecule has 0 saturated carbocycles. The Labute approximate surface area is 216 Å². The van der Waals surface area contributed by atoms with E-state index in [0.717, 1.165) is 20.4 Å². The van der Waals surface area contributed by atoms with E-state index in [1.807, 2.05) is 78.9 Å². The first-order valence-electron chi connectivity index (χ1n) is 11.3. The lowest BCUT2D eigenvalue weighted by atomic mass is 10.2. The predicted molar refractivity (Wildman–Crippen MR) is 145 cm³/mol. The van der Waals surface area contributed by atoms with Crippen LogP contribution in [0.2, 0.25) is 0 Å². The number of anilines is 2. The molecule has 8 heteroatoms. The highest BCUT2D eigenvalue weighted by Crippen LogP contribution is 2.34. The number of amides is 1. The average Bonchev–Trinajstić information content (AvgIpc) is 2.87. The molecule has 0 aromatic heterocycles. The topological polar surface area (TPSA) is 75.7 Å². The highest BCUT2D eigenvalue weighted by molar-refractivity contribution is 7.99. The number of nitrogens with one attached hydrogen (secondary N) is 1. The molecule has 1 atom stereocenters. The van der Waals surface area contributed by atoms with Crippen molar-refractivity contribution >= 4 is 39.1 Å². The van der Waals surface area contributed by atoms with Crippen molar-refractivity contribution in [2.24, 2.45) is 0 Å². The Morgan fingerprint density at radius 3 is 2.00 bits per heavy atom. The molecule has 4 aromatic carbocycles. The number of ether oxygens (including phenoxy) is 1. The molecule has 184 valence electrons. The molecule has 0 fully saturated rings. The number of carbonyl (C=O) groups is 1. The molecular formula is C28H26N2O4S2. The van der Waals surface area contributed by atoms with Gasteiger partial charge in [0.1, 0.15) is 17.5 Å². The molecule has 0 radical (unpaired) electrons. The summed E-state index contributed by atoms with van der Waals surface area (Å²) in [5.41, 5.74) is 0.982. The van der Waals surface area contributed by atoms with Crippen LogP contribution in [-0.4, -0.2) is 26.6 Å². The van der Waals surface area contributed by atoms with Crippen molar-refractivity contribution in [2.75, 3.05) is 15.9 Å². The van der Waals surface area contributed by atoms with Gasteiger partial charge in [-0.05, 0) is 67.6 Å². The molecule has 36 heavy (non-hydrogen) atoms. The van der Waals surface area contributed by atoms with Crippen molar-refractivity contribution in [1.82, 2.24) is 0 Å². The lowest BCUT2D eigenvalue weighted by Gasteiger charge is -2.28. The summed E-state index contributed by atoms with van der Waals surface area (Å²) in [4.78, 5) is 15.1. The number of benzene rings is 4. The van der Waals surface area contributed by atoms with Gasteiger partial charge in [0.05, 0.1) is 17.6 Å². The van der Waals surface area contributed by atoms with E-state index in [2.05, 4.69) is 5.32 Å². The molecule has 0 spiro atoms. The van der Waals surface area contributed by atoms with Crippen LogP contribution in [0.15, 0.2) is 119 Å². The summed E-state index contributed by atoms with van der Waals surface area (Å²) >= 11 is 1.52. The third-order valence-corrected chi connectivity index (χ3v) is 7.60. The smallest absolute Gasteiger partial charge is 0.248 e. The minimum Gasteiger partial charge on any atom is -0.457 e. The van der Waals surface area contributed by atoms with Gasteiger partial charge < -0.3 is 10.1 Å². The van der Waals surface area contributed by atoms with Crippen LogP contribution in [0, 0.1) is 0 Å². The van der Waals surface area contributed by atoms with Gasteiger partial charge in [-0.1, -0.05) is 60.3 Å². The molecular weight excluding hydrogens is 492 g/mol. The fourth-order valence-electron chi connectivity index (χ4n) is 3.61. The van der Waals surface area contributed by atoms with Gasteiger partial charge >= 0.3 is 0 Å². The van der Waals surface area contributed by atoms with Crippen LogP contribution in [-0.2, 0) is 14.8 Å². The van der Waals surface area contributed by atoms with Crippen LogP contribution in [0.4, 0.5) is 11.4 Å². The van der Waals surface area contributed by atoms with Gasteiger partial charge in [-0.25, -0.2) is 8.42 Å². The van der Waals surface area contributed by atoms with E-state index in [1.54, 1.807) is 37.3 Å². The molecule has 1 N–H and O–H groups in total. The fourth-order valence-corrected chi connectivity index (χ4v) is 5.70. The quantitative estimate of drug-likeness (QED) is 0.277. The van der Waals surface area contributed by atoms with Crippen LogP contribution in [0.1, 0.15) is 6.92 Å². The van der Waals surface area contributed by atoms with Crippen molar-refractivity contribution in [3.8, 4) is 11.5 Å². The lowest BCUT2D eigenvalue weighted by molar-refractivity contribution is -0.116. The minimum absolute atomic E-state index is 0.368. The van der Waals surface area contributed by atoms with Gasteiger partial charge in [0.15, 0.2) is 0 Å². The zero-order chi connectivity index (χ0) is 25.5. The summed E-state index contributed by atoms with van der Waals surface area (Å²) in [5, 5.41) is 2.91. The highest BCUT2D eigenvalue weighted by Gasteiger charge is 2.29. The van der Waals surface area contributed by atoms with Crippen LogP contribution >= 0.6 is 11.8 Å². The summed E-state index contributed by atoms with van der Waals surface area (Å²) < 4.78 is 32.4. The summed E-state index contributed by atoms with van der Waals surface area (Å²) in [6.07, 6.45) is 1.09. The zero-order valence-electron chi connectivity index (χ0n) is 19.9. The first-order chi connectivity index (χ1) is 17.3. The van der Waals surface area contributed by atoms with E-state index in [1.165, 1.54) is 11.8 Å². The van der Waals surface area contributed by atoms with E-state index in [4.69, 9.17) is 4.74 Å². The molecule has 0 aliphatic carbocycles. The number of hydrogen-bond acceptors (Lipinski definition) is 5. The number of carbonyl (C=O) groups excluding carboxylic acids is 1. The van der Waals surface area contributed by atoms with E-state index in [0.29, 0.717) is 22.9 Å². The van der Waals surface area contributed by atoms with Crippen molar-refractivity contribution in [3.05, 3.63) is 109 Å². The number of nitrogens with zero attached hydrogens (tertiary/aromatic N) is 1. The van der Waals surface area contributed by atoms with Crippen LogP contribution in [0.5, 0.6) is 11.5 Å². The zero-order valence-corrected chi connectivity index (χ0v) is 21.5. The first kappa shape index (κ1) is 25.3. The fraction of sp³-hybridized carbons (Fsp3) is 0.107. The van der Waals surface area contributed by atoms with Gasteiger partial charge in [-0.3, -0.25) is 9.10 Å². The molecule has 0 saturated heterocycles. The molecule has 1 amide bonds. The maximum atomic E-state index is 13.2. The molecule has 0 bridgehead atoms. The molecule has 0 aliphatic rings. The molecule has 0 unspecified atom stereocenters. The summed E-state index contributed by atoms with van der Waals surface area (Å²) in [6, 6.07) is 32.2. The van der Waals surface area contributed by atoms with Crippen molar-refractivity contribution in [1.29, 1.82) is 0 Å². The maximum absolute atomic E-state index is 13.2. The second-order valence-electron chi connectivity index (χ2n) is 8.04. The number of sulfonamides is 1. The second-order valence-corrected chi connectivity index (χ2v) is 11.0. The van der Waals surface area contributed by atoms with Crippen LogP contribution in [0.25, 0.3) is 0 Å². The number of rotatable bonds is 9. The second kappa shape index (κ2) is 11.3. The lowest BCUT2D eigenvalue weighted by Crippen LogP contribution is -2.45. The third kappa shape index (κ3) is 6.47. The summed E-state index contributed by atoms with van der Waals surface area (Å²) in [7, 11) is -3.76. The first-order valence-corrected chi connectivity index (χ1v) is 13.9. The molecule has 0 aliphatic heterocycles. The van der Waals surface area contributed by atoms with Crippen LogP contribution < -0.4 is 14.4 Å². The number of para-hydroxylation sites is 2. The monoisotopic (exact) mass is 518 g/mol. The molecule has 0 heterocycles. The maximum Gasteiger partial charge on any atom is 0.248 e.